The molecule has 0 aliphatic carbocycles. The van der Waals surface area contributed by atoms with Crippen LogP contribution in [-0.2, 0) is 9.47 Å². The molecule has 0 unspecified atom stereocenters. The number of hydrogen-bond acceptors (Lipinski definition) is 7. The van der Waals surface area contributed by atoms with Gasteiger partial charge in [0.2, 0.25) is 0 Å². The predicted octanol–water partition coefficient (Wildman–Crippen LogP) is 4.28. The van der Waals surface area contributed by atoms with E-state index < -0.39 is 5.60 Å². The highest BCUT2D eigenvalue weighted by Crippen LogP contribution is 2.34. The van der Waals surface area contributed by atoms with Gasteiger partial charge in [0.15, 0.2) is 5.13 Å². The molecular formula is C20H33N3O4S. The third kappa shape index (κ3) is 5.37. The van der Waals surface area contributed by atoms with E-state index in [0.717, 1.165) is 17.2 Å². The van der Waals surface area contributed by atoms with Crippen molar-refractivity contribution in [2.75, 3.05) is 31.1 Å². The number of rotatable bonds is 7. The van der Waals surface area contributed by atoms with Crippen molar-refractivity contribution in [2.45, 2.75) is 72.4 Å². The molecule has 1 aromatic heterocycles. The van der Waals surface area contributed by atoms with Gasteiger partial charge in [0, 0.05) is 19.6 Å². The topological polar surface area (TPSA) is 72.0 Å². The van der Waals surface area contributed by atoms with E-state index in [9.17, 15) is 9.59 Å². The van der Waals surface area contributed by atoms with Crippen molar-refractivity contribution in [3.8, 4) is 0 Å². The van der Waals surface area contributed by atoms with E-state index in [1.807, 2.05) is 39.5 Å². The van der Waals surface area contributed by atoms with Crippen molar-refractivity contribution in [3.05, 3.63) is 10.6 Å². The third-order valence-electron chi connectivity index (χ3n) is 4.32. The number of carbonyl (C=O) groups excluding carboxylic acids is 2. The van der Waals surface area contributed by atoms with E-state index in [2.05, 4.69) is 16.8 Å². The number of hydrogen-bond donors (Lipinski definition) is 0. The summed E-state index contributed by atoms with van der Waals surface area (Å²) < 4.78 is 10.7. The fourth-order valence-corrected chi connectivity index (χ4v) is 4.12. The maximum Gasteiger partial charge on any atom is 0.410 e. The number of aromatic nitrogens is 1. The Morgan fingerprint density at radius 2 is 1.93 bits per heavy atom. The minimum Gasteiger partial charge on any atom is -0.462 e. The van der Waals surface area contributed by atoms with Crippen molar-refractivity contribution in [3.63, 3.8) is 0 Å². The van der Waals surface area contributed by atoms with Gasteiger partial charge in [-0.3, -0.25) is 0 Å². The Hall–Kier alpha value is -1.83. The summed E-state index contributed by atoms with van der Waals surface area (Å²) >= 11 is 1.37. The Kier molecular flexibility index (Phi) is 7.31. The van der Waals surface area contributed by atoms with Gasteiger partial charge in [-0.25, -0.2) is 14.6 Å². The summed E-state index contributed by atoms with van der Waals surface area (Å²) in [6.07, 6.45) is 0.602. The number of anilines is 1. The first-order valence-corrected chi connectivity index (χ1v) is 10.8. The van der Waals surface area contributed by atoms with E-state index in [4.69, 9.17) is 9.47 Å². The zero-order valence-corrected chi connectivity index (χ0v) is 18.9. The van der Waals surface area contributed by atoms with Crippen LogP contribution in [0.4, 0.5) is 9.93 Å². The van der Waals surface area contributed by atoms with Crippen LogP contribution in [0.15, 0.2) is 0 Å². The quantitative estimate of drug-likeness (QED) is 0.624. The minimum absolute atomic E-state index is 0.0900. The largest absolute Gasteiger partial charge is 0.462 e. The van der Waals surface area contributed by atoms with Crippen molar-refractivity contribution in [2.24, 2.45) is 0 Å². The van der Waals surface area contributed by atoms with Gasteiger partial charge in [0.05, 0.1) is 18.3 Å². The van der Waals surface area contributed by atoms with Crippen LogP contribution in [0.1, 0.15) is 76.2 Å². The molecule has 158 valence electrons. The van der Waals surface area contributed by atoms with Crippen LogP contribution >= 0.6 is 11.3 Å². The fraction of sp³-hybridized carbons (Fsp3) is 0.750. The zero-order valence-electron chi connectivity index (χ0n) is 18.1. The molecule has 2 heterocycles. The monoisotopic (exact) mass is 411 g/mol. The molecule has 1 aromatic rings. The van der Waals surface area contributed by atoms with Crippen LogP contribution in [0.25, 0.3) is 0 Å². The predicted molar refractivity (Wildman–Crippen MR) is 111 cm³/mol. The highest BCUT2D eigenvalue weighted by atomic mass is 32.1. The highest BCUT2D eigenvalue weighted by molar-refractivity contribution is 7.17. The first-order valence-electron chi connectivity index (χ1n) is 9.99. The number of ether oxygens (including phenoxy) is 2. The van der Waals surface area contributed by atoms with Gasteiger partial charge in [-0.1, -0.05) is 32.1 Å². The highest BCUT2D eigenvalue weighted by Gasteiger charge is 2.38. The summed E-state index contributed by atoms with van der Waals surface area (Å²) in [5, 5.41) is 0.809. The van der Waals surface area contributed by atoms with Gasteiger partial charge in [0.25, 0.3) is 0 Å². The molecule has 0 atom stereocenters. The first-order chi connectivity index (χ1) is 13.1. The molecule has 1 amide bonds. The van der Waals surface area contributed by atoms with E-state index in [1.165, 1.54) is 11.3 Å². The van der Waals surface area contributed by atoms with Crippen molar-refractivity contribution >= 4 is 28.5 Å². The number of esters is 1. The lowest BCUT2D eigenvalue weighted by Crippen LogP contribution is -2.61. The summed E-state index contributed by atoms with van der Waals surface area (Å²) in [7, 11) is 0. The normalized spacial score (nSPS) is 14.8. The van der Waals surface area contributed by atoms with Crippen LogP contribution < -0.4 is 4.90 Å². The molecule has 0 bridgehead atoms. The molecule has 0 aromatic carbocycles. The molecular weight excluding hydrogens is 378 g/mol. The molecule has 1 aliphatic heterocycles. The zero-order chi connectivity index (χ0) is 21.1. The average molecular weight is 412 g/mol. The second kappa shape index (κ2) is 9.11. The van der Waals surface area contributed by atoms with Crippen LogP contribution in [0, 0.1) is 0 Å². The molecule has 8 heteroatoms. The lowest BCUT2D eigenvalue weighted by molar-refractivity contribution is 0.0131. The Morgan fingerprint density at radius 1 is 1.29 bits per heavy atom. The van der Waals surface area contributed by atoms with Crippen LogP contribution in [0.5, 0.6) is 0 Å². The molecule has 28 heavy (non-hydrogen) atoms. The van der Waals surface area contributed by atoms with Crippen molar-refractivity contribution in [1.82, 2.24) is 9.88 Å². The number of carbonyl (C=O) groups is 2. The number of nitrogens with zero attached hydrogens (tertiary/aromatic N) is 3. The van der Waals surface area contributed by atoms with E-state index in [0.29, 0.717) is 31.1 Å². The van der Waals surface area contributed by atoms with E-state index in [-0.39, 0.29) is 24.0 Å². The molecule has 1 saturated heterocycles. The van der Waals surface area contributed by atoms with E-state index >= 15 is 0 Å². The summed E-state index contributed by atoms with van der Waals surface area (Å²) in [4.78, 5) is 34.0. The maximum atomic E-state index is 12.5. The molecule has 0 saturated carbocycles. The fourth-order valence-electron chi connectivity index (χ4n) is 2.98. The van der Waals surface area contributed by atoms with Gasteiger partial charge < -0.3 is 19.3 Å². The summed E-state index contributed by atoms with van der Waals surface area (Å²) in [5.41, 5.74) is 0.266. The minimum atomic E-state index is -0.511. The standard InChI is InChI=1S/C20H33N3O4S/c1-8-10-23(19(25)27-20(5,6)7)14-11-22(12-14)18-21-15(13(3)4)16(28-18)17(24)26-9-2/h13-14H,8-12H2,1-7H3. The first kappa shape index (κ1) is 22.5. The van der Waals surface area contributed by atoms with Gasteiger partial charge >= 0.3 is 12.1 Å². The molecule has 0 N–H and O–H groups in total. The molecule has 1 fully saturated rings. The second-order valence-corrected chi connectivity index (χ2v) is 9.30. The molecule has 2 rings (SSSR count). The molecule has 0 radical (unpaired) electrons. The third-order valence-corrected chi connectivity index (χ3v) is 5.43. The Labute approximate surface area is 172 Å². The Bertz CT molecular complexity index is 690. The Morgan fingerprint density at radius 3 is 2.43 bits per heavy atom. The smallest absolute Gasteiger partial charge is 0.410 e. The molecule has 0 spiro atoms. The second-order valence-electron chi connectivity index (χ2n) is 8.32. The summed E-state index contributed by atoms with van der Waals surface area (Å²) in [6, 6.07) is 0.0900. The SMILES string of the molecule is CCCN(C(=O)OC(C)(C)C)C1CN(c2nc(C(C)C)c(C(=O)OCC)s2)C1. The molecule has 1 aliphatic rings. The lowest BCUT2D eigenvalue weighted by atomic mass is 10.1. The van der Waals surface area contributed by atoms with Gasteiger partial charge in [-0.15, -0.1) is 0 Å². The van der Waals surface area contributed by atoms with E-state index in [1.54, 1.807) is 6.92 Å². The van der Waals surface area contributed by atoms with Gasteiger partial charge in [-0.2, -0.15) is 0 Å². The van der Waals surface area contributed by atoms with Crippen molar-refractivity contribution in [1.29, 1.82) is 0 Å². The summed E-state index contributed by atoms with van der Waals surface area (Å²) in [5.74, 6) is -0.173. The number of thiazole rings is 1. The Balaban J connectivity index is 2.09. The number of amides is 1. The summed E-state index contributed by atoms with van der Waals surface area (Å²) in [6.45, 7) is 15.9. The van der Waals surface area contributed by atoms with Crippen LogP contribution in [-0.4, -0.2) is 59.8 Å². The van der Waals surface area contributed by atoms with Crippen LogP contribution in [0.2, 0.25) is 0 Å². The van der Waals surface area contributed by atoms with Crippen LogP contribution in [0.3, 0.4) is 0 Å². The lowest BCUT2D eigenvalue weighted by Gasteiger charge is -2.45. The average Bonchev–Trinajstić information content (AvgIpc) is 2.96. The molecule has 7 nitrogen and oxygen atoms in total. The maximum absolute atomic E-state index is 12.5. The van der Waals surface area contributed by atoms with Gasteiger partial charge in [0.1, 0.15) is 10.5 Å². The van der Waals surface area contributed by atoms with Gasteiger partial charge in [-0.05, 0) is 40.0 Å². The van der Waals surface area contributed by atoms with Crippen molar-refractivity contribution < 1.29 is 19.1 Å².